The summed E-state index contributed by atoms with van der Waals surface area (Å²) in [6.45, 7) is 3.50. The van der Waals surface area contributed by atoms with E-state index in [4.69, 9.17) is 9.47 Å². The van der Waals surface area contributed by atoms with Crippen LogP contribution in [-0.2, 0) is 21.1 Å². The van der Waals surface area contributed by atoms with E-state index in [0.717, 1.165) is 12.8 Å². The van der Waals surface area contributed by atoms with Crippen LogP contribution in [0, 0.1) is 11.8 Å². The number of ether oxygens (including phenoxy) is 2. The van der Waals surface area contributed by atoms with Crippen molar-refractivity contribution in [1.82, 2.24) is 0 Å². The maximum Gasteiger partial charge on any atom is 0.308 e. The molecule has 1 N–H and O–H groups in total. The summed E-state index contributed by atoms with van der Waals surface area (Å²) in [5.41, 5.74) is 1.18. The Morgan fingerprint density at radius 1 is 0.968 bits per heavy atom. The van der Waals surface area contributed by atoms with Gasteiger partial charge in [-0.3, -0.25) is 4.79 Å². The third-order valence-electron chi connectivity index (χ3n) is 5.53. The number of carboxylic acid groups (broad SMARTS) is 1. The van der Waals surface area contributed by atoms with E-state index in [2.05, 4.69) is 0 Å². The summed E-state index contributed by atoms with van der Waals surface area (Å²) in [5.74, 6) is -1.71. The topological polar surface area (TPSA) is 89.9 Å². The minimum atomic E-state index is -3.91. The highest BCUT2D eigenvalue weighted by molar-refractivity contribution is 7.92. The van der Waals surface area contributed by atoms with Gasteiger partial charge in [0.1, 0.15) is 0 Å². The fourth-order valence-electron chi connectivity index (χ4n) is 3.89. The standard InChI is InChI=1S/C24H32O6S/c1-17(2)23(24(25)26)22(13-9-8-12-18-10-6-5-7-11-18)31(27,28)19-14-15-20(29-3)21(16-19)30-4/h5-7,10-11,14-17,22-23H,8-9,12-13H2,1-4H3,(H,25,26). The fraction of sp³-hybridized carbons (Fsp3) is 0.458. The highest BCUT2D eigenvalue weighted by Crippen LogP contribution is 2.35. The molecule has 0 spiro atoms. The van der Waals surface area contributed by atoms with Crippen molar-refractivity contribution in [3.63, 3.8) is 0 Å². The molecule has 0 heterocycles. The molecule has 2 rings (SSSR count). The predicted molar refractivity (Wildman–Crippen MR) is 120 cm³/mol. The molecule has 0 radical (unpaired) electrons. The van der Waals surface area contributed by atoms with E-state index in [-0.39, 0.29) is 17.2 Å². The zero-order valence-electron chi connectivity index (χ0n) is 18.6. The van der Waals surface area contributed by atoms with E-state index in [1.165, 1.54) is 38.0 Å². The first-order valence-corrected chi connectivity index (χ1v) is 12.0. The number of benzene rings is 2. The summed E-state index contributed by atoms with van der Waals surface area (Å²) in [4.78, 5) is 12.1. The van der Waals surface area contributed by atoms with Gasteiger partial charge in [-0.1, -0.05) is 50.6 Å². The summed E-state index contributed by atoms with van der Waals surface area (Å²) in [6, 6.07) is 14.4. The van der Waals surface area contributed by atoms with Crippen molar-refractivity contribution in [2.24, 2.45) is 11.8 Å². The maximum absolute atomic E-state index is 13.6. The summed E-state index contributed by atoms with van der Waals surface area (Å²) in [7, 11) is -1.00. The first-order chi connectivity index (χ1) is 14.7. The van der Waals surface area contributed by atoms with Crippen LogP contribution in [0.25, 0.3) is 0 Å². The lowest BCUT2D eigenvalue weighted by Crippen LogP contribution is -2.38. The monoisotopic (exact) mass is 448 g/mol. The minimum Gasteiger partial charge on any atom is -0.493 e. The van der Waals surface area contributed by atoms with Crippen molar-refractivity contribution in [3.05, 3.63) is 54.1 Å². The molecule has 31 heavy (non-hydrogen) atoms. The number of carboxylic acids is 1. The van der Waals surface area contributed by atoms with Gasteiger partial charge in [0.15, 0.2) is 21.3 Å². The Labute approximate surface area is 185 Å². The molecule has 0 aliphatic rings. The average molecular weight is 449 g/mol. The Morgan fingerprint density at radius 3 is 2.16 bits per heavy atom. The summed E-state index contributed by atoms with van der Waals surface area (Å²) < 4.78 is 37.6. The molecule has 7 heteroatoms. The highest BCUT2D eigenvalue weighted by Gasteiger charge is 2.40. The first-order valence-electron chi connectivity index (χ1n) is 10.4. The third kappa shape index (κ3) is 6.23. The number of hydrogen-bond donors (Lipinski definition) is 1. The van der Waals surface area contributed by atoms with Crippen LogP contribution in [-0.4, -0.2) is 39.0 Å². The van der Waals surface area contributed by atoms with Gasteiger partial charge in [0.2, 0.25) is 0 Å². The van der Waals surface area contributed by atoms with Crippen molar-refractivity contribution in [2.75, 3.05) is 14.2 Å². The molecule has 2 unspecified atom stereocenters. The average Bonchev–Trinajstić information content (AvgIpc) is 2.75. The Balaban J connectivity index is 2.31. The summed E-state index contributed by atoms with van der Waals surface area (Å²) >= 11 is 0. The van der Waals surface area contributed by atoms with Gasteiger partial charge in [-0.25, -0.2) is 8.42 Å². The van der Waals surface area contributed by atoms with Gasteiger partial charge in [0.05, 0.1) is 30.3 Å². The maximum atomic E-state index is 13.6. The second-order valence-electron chi connectivity index (χ2n) is 7.94. The molecule has 170 valence electrons. The Bertz CT molecular complexity index is 953. The number of hydrogen-bond acceptors (Lipinski definition) is 5. The predicted octanol–water partition coefficient (Wildman–Crippen LogP) is 4.62. The number of unbranched alkanes of at least 4 members (excludes halogenated alkanes) is 1. The number of rotatable bonds is 12. The van der Waals surface area contributed by atoms with Gasteiger partial charge < -0.3 is 14.6 Å². The van der Waals surface area contributed by atoms with Gasteiger partial charge in [0, 0.05) is 6.07 Å². The van der Waals surface area contributed by atoms with Crippen LogP contribution in [0.5, 0.6) is 11.5 Å². The number of carbonyl (C=O) groups is 1. The Kier molecular flexibility index (Phi) is 8.92. The largest absolute Gasteiger partial charge is 0.493 e. The normalized spacial score (nSPS) is 13.6. The van der Waals surface area contributed by atoms with Crippen molar-refractivity contribution in [1.29, 1.82) is 0 Å². The molecule has 0 saturated carbocycles. The van der Waals surface area contributed by atoms with Crippen molar-refractivity contribution >= 4 is 15.8 Å². The molecular formula is C24H32O6S. The number of sulfone groups is 1. The van der Waals surface area contributed by atoms with Gasteiger partial charge in [0.25, 0.3) is 0 Å². The van der Waals surface area contributed by atoms with Crippen LogP contribution in [0.2, 0.25) is 0 Å². The summed E-state index contributed by atoms with van der Waals surface area (Å²) in [5, 5.41) is 8.80. The SMILES string of the molecule is COc1ccc(S(=O)(=O)C(CCCCc2ccccc2)C(C(=O)O)C(C)C)cc1OC. The zero-order valence-corrected chi connectivity index (χ0v) is 19.4. The van der Waals surface area contributed by atoms with Crippen LogP contribution in [0.15, 0.2) is 53.4 Å². The molecule has 0 aliphatic carbocycles. The zero-order chi connectivity index (χ0) is 23.0. The second kappa shape index (κ2) is 11.2. The molecule has 0 aromatic heterocycles. The van der Waals surface area contributed by atoms with E-state index in [0.29, 0.717) is 17.9 Å². The molecule has 2 aromatic carbocycles. The highest BCUT2D eigenvalue weighted by atomic mass is 32.2. The van der Waals surface area contributed by atoms with Crippen LogP contribution < -0.4 is 9.47 Å². The summed E-state index contributed by atoms with van der Waals surface area (Å²) in [6.07, 6.45) is 2.50. The molecule has 2 atom stereocenters. The van der Waals surface area contributed by atoms with Crippen molar-refractivity contribution in [2.45, 2.75) is 49.7 Å². The molecule has 6 nitrogen and oxygen atoms in total. The molecule has 0 amide bonds. The molecule has 2 aromatic rings. The van der Waals surface area contributed by atoms with Gasteiger partial charge >= 0.3 is 5.97 Å². The van der Waals surface area contributed by atoms with E-state index < -0.39 is 27.0 Å². The van der Waals surface area contributed by atoms with E-state index in [9.17, 15) is 18.3 Å². The fourth-order valence-corrected chi connectivity index (χ4v) is 6.06. The lowest BCUT2D eigenvalue weighted by atomic mass is 9.89. The number of aliphatic carboxylic acids is 1. The van der Waals surface area contributed by atoms with Crippen LogP contribution in [0.3, 0.4) is 0 Å². The molecule has 0 saturated heterocycles. The van der Waals surface area contributed by atoms with Crippen molar-refractivity contribution in [3.8, 4) is 11.5 Å². The molecule has 0 bridgehead atoms. The second-order valence-corrected chi connectivity index (χ2v) is 10.1. The number of methoxy groups -OCH3 is 2. The lowest BCUT2D eigenvalue weighted by molar-refractivity contribution is -0.143. The molecule has 0 fully saturated rings. The van der Waals surface area contributed by atoms with Gasteiger partial charge in [-0.15, -0.1) is 0 Å². The van der Waals surface area contributed by atoms with Gasteiger partial charge in [-0.05, 0) is 42.9 Å². The van der Waals surface area contributed by atoms with Crippen LogP contribution in [0.4, 0.5) is 0 Å². The van der Waals surface area contributed by atoms with Gasteiger partial charge in [-0.2, -0.15) is 0 Å². The quantitative estimate of drug-likeness (QED) is 0.477. The lowest BCUT2D eigenvalue weighted by Gasteiger charge is -2.27. The van der Waals surface area contributed by atoms with E-state index >= 15 is 0 Å². The van der Waals surface area contributed by atoms with Crippen LogP contribution >= 0.6 is 0 Å². The molecular weight excluding hydrogens is 416 g/mol. The molecule has 0 aliphatic heterocycles. The van der Waals surface area contributed by atoms with Crippen molar-refractivity contribution < 1.29 is 27.8 Å². The first kappa shape index (κ1) is 24.7. The van der Waals surface area contributed by atoms with Crippen LogP contribution in [0.1, 0.15) is 38.7 Å². The number of aryl methyl sites for hydroxylation is 1. The van der Waals surface area contributed by atoms with E-state index in [1.807, 2.05) is 30.3 Å². The van der Waals surface area contributed by atoms with E-state index in [1.54, 1.807) is 13.8 Å². The third-order valence-corrected chi connectivity index (χ3v) is 7.77. The smallest absolute Gasteiger partial charge is 0.308 e. The Hall–Kier alpha value is -2.54. The Morgan fingerprint density at radius 2 is 1.61 bits per heavy atom. The minimum absolute atomic E-state index is 0.0464.